The third-order valence-electron chi connectivity index (χ3n) is 4.19. The van der Waals surface area contributed by atoms with Crippen molar-refractivity contribution < 1.29 is 23.0 Å². The summed E-state index contributed by atoms with van der Waals surface area (Å²) in [6, 6.07) is 0. The van der Waals surface area contributed by atoms with E-state index in [9.17, 15) is 4.79 Å². The zero-order valence-electron chi connectivity index (χ0n) is 19.2. The van der Waals surface area contributed by atoms with Crippen molar-refractivity contribution in [3.8, 4) is 0 Å². The molecule has 0 saturated heterocycles. The average Bonchev–Trinajstić information content (AvgIpc) is 3.08. The van der Waals surface area contributed by atoms with Gasteiger partial charge in [0, 0.05) is 12.8 Å². The van der Waals surface area contributed by atoms with Crippen molar-refractivity contribution in [1.82, 2.24) is 4.98 Å². The molecule has 0 amide bonds. The predicted molar refractivity (Wildman–Crippen MR) is 117 cm³/mol. The monoisotopic (exact) mass is 429 g/mol. The van der Waals surface area contributed by atoms with Gasteiger partial charge >= 0.3 is 5.97 Å². The molecule has 0 fully saturated rings. The standard InChI is InChI=1S/C22H40NO5P/c1-7-10-11-12-13-14-15-18-17-23-20(27-18)16-19(21(24)28-22(4,5)6)29(25-8-2)26-9-3/h17,19H,7-16H2,1-6H3. The lowest BCUT2D eigenvalue weighted by Crippen LogP contribution is -2.33. The van der Waals surface area contributed by atoms with E-state index < -0.39 is 19.6 Å². The summed E-state index contributed by atoms with van der Waals surface area (Å²) in [6.45, 7) is 12.5. The third kappa shape index (κ3) is 11.1. The number of hydrogen-bond donors (Lipinski definition) is 0. The molecule has 0 aliphatic heterocycles. The number of carbonyl (C=O) groups is 1. The number of aromatic nitrogens is 1. The van der Waals surface area contributed by atoms with Crippen LogP contribution in [0.25, 0.3) is 0 Å². The lowest BCUT2D eigenvalue weighted by Gasteiger charge is -2.27. The maximum atomic E-state index is 12.8. The van der Waals surface area contributed by atoms with E-state index >= 15 is 0 Å². The maximum absolute atomic E-state index is 12.8. The molecule has 0 spiro atoms. The quantitative estimate of drug-likeness (QED) is 0.187. The van der Waals surface area contributed by atoms with Gasteiger partial charge in [0.15, 0.2) is 14.3 Å². The van der Waals surface area contributed by atoms with Gasteiger partial charge in [0.05, 0.1) is 19.4 Å². The van der Waals surface area contributed by atoms with E-state index in [-0.39, 0.29) is 5.97 Å². The van der Waals surface area contributed by atoms with Crippen LogP contribution in [-0.2, 0) is 31.4 Å². The number of esters is 1. The fourth-order valence-corrected chi connectivity index (χ4v) is 4.36. The summed E-state index contributed by atoms with van der Waals surface area (Å²) in [7, 11) is -1.43. The van der Waals surface area contributed by atoms with Crippen LogP contribution in [0.3, 0.4) is 0 Å². The van der Waals surface area contributed by atoms with Crippen molar-refractivity contribution in [3.63, 3.8) is 0 Å². The summed E-state index contributed by atoms with van der Waals surface area (Å²) in [4.78, 5) is 17.2. The summed E-state index contributed by atoms with van der Waals surface area (Å²) in [5.41, 5.74) is -1.14. The summed E-state index contributed by atoms with van der Waals surface area (Å²) >= 11 is 0. The van der Waals surface area contributed by atoms with Gasteiger partial charge in [0.25, 0.3) is 0 Å². The Balaban J connectivity index is 2.72. The second kappa shape index (κ2) is 14.1. The largest absolute Gasteiger partial charge is 0.459 e. The molecule has 0 aliphatic rings. The second-order valence-electron chi connectivity index (χ2n) is 8.11. The molecule has 1 rings (SSSR count). The minimum atomic E-state index is -1.43. The molecule has 0 saturated carbocycles. The molecule has 1 heterocycles. The minimum absolute atomic E-state index is 0.317. The van der Waals surface area contributed by atoms with Crippen LogP contribution in [-0.4, -0.2) is 35.4 Å². The molecule has 1 unspecified atom stereocenters. The smallest absolute Gasteiger partial charge is 0.319 e. The molecule has 7 heteroatoms. The van der Waals surface area contributed by atoms with Crippen LogP contribution < -0.4 is 0 Å². The highest BCUT2D eigenvalue weighted by atomic mass is 31.2. The van der Waals surface area contributed by atoms with Crippen LogP contribution >= 0.6 is 8.38 Å². The first-order chi connectivity index (χ1) is 13.8. The predicted octanol–water partition coefficient (Wildman–Crippen LogP) is 6.22. The summed E-state index contributed by atoms with van der Waals surface area (Å²) in [5.74, 6) is 1.07. The molecule has 0 radical (unpaired) electrons. The van der Waals surface area contributed by atoms with Gasteiger partial charge in [-0.2, -0.15) is 0 Å². The Bertz CT molecular complexity index is 564. The fourth-order valence-electron chi connectivity index (χ4n) is 2.89. The Morgan fingerprint density at radius 2 is 1.69 bits per heavy atom. The van der Waals surface area contributed by atoms with Gasteiger partial charge < -0.3 is 18.2 Å². The van der Waals surface area contributed by atoms with E-state index in [0.717, 1.165) is 18.6 Å². The Labute approximate surface area is 178 Å². The van der Waals surface area contributed by atoms with E-state index in [0.29, 0.717) is 25.5 Å². The van der Waals surface area contributed by atoms with Crippen molar-refractivity contribution >= 4 is 14.3 Å². The van der Waals surface area contributed by atoms with Crippen molar-refractivity contribution in [2.24, 2.45) is 0 Å². The molecule has 0 bridgehead atoms. The molecule has 1 atom stereocenters. The van der Waals surface area contributed by atoms with E-state index in [1.165, 1.54) is 32.1 Å². The molecule has 1 aromatic rings. The van der Waals surface area contributed by atoms with Crippen molar-refractivity contribution in [3.05, 3.63) is 17.8 Å². The first-order valence-electron chi connectivity index (χ1n) is 11.0. The highest BCUT2D eigenvalue weighted by Crippen LogP contribution is 2.46. The van der Waals surface area contributed by atoms with Gasteiger partial charge in [0.1, 0.15) is 17.0 Å². The first kappa shape index (κ1) is 26.1. The third-order valence-corrected chi connectivity index (χ3v) is 6.12. The Morgan fingerprint density at radius 1 is 1.07 bits per heavy atom. The van der Waals surface area contributed by atoms with E-state index in [4.69, 9.17) is 18.2 Å². The van der Waals surface area contributed by atoms with Crippen molar-refractivity contribution in [2.45, 2.75) is 104 Å². The molecular formula is C22H40NO5P. The number of unbranched alkanes of at least 4 members (excludes halogenated alkanes) is 5. The zero-order valence-corrected chi connectivity index (χ0v) is 20.1. The Morgan fingerprint density at radius 3 is 2.28 bits per heavy atom. The summed E-state index contributed by atoms with van der Waals surface area (Å²) < 4.78 is 23.0. The second-order valence-corrected chi connectivity index (χ2v) is 9.82. The first-order valence-corrected chi connectivity index (χ1v) is 12.3. The topological polar surface area (TPSA) is 70.8 Å². The maximum Gasteiger partial charge on any atom is 0.319 e. The number of rotatable bonds is 15. The highest BCUT2D eigenvalue weighted by molar-refractivity contribution is 7.49. The number of oxazole rings is 1. The lowest BCUT2D eigenvalue weighted by molar-refractivity contribution is -0.154. The molecule has 168 valence electrons. The van der Waals surface area contributed by atoms with E-state index in [1.807, 2.05) is 34.6 Å². The normalized spacial score (nSPS) is 13.1. The Kier molecular flexibility index (Phi) is 12.7. The Hall–Kier alpha value is -0.970. The molecular weight excluding hydrogens is 389 g/mol. The molecule has 0 aromatic carbocycles. The summed E-state index contributed by atoms with van der Waals surface area (Å²) in [5, 5.41) is 0. The van der Waals surface area contributed by atoms with Crippen LogP contribution in [0.4, 0.5) is 0 Å². The number of hydrogen-bond acceptors (Lipinski definition) is 6. The van der Waals surface area contributed by atoms with Gasteiger partial charge in [-0.1, -0.05) is 39.0 Å². The van der Waals surface area contributed by atoms with Crippen LogP contribution in [0.5, 0.6) is 0 Å². The summed E-state index contributed by atoms with van der Waals surface area (Å²) in [6.07, 6.45) is 10.4. The average molecular weight is 430 g/mol. The van der Waals surface area contributed by atoms with Crippen LogP contribution in [0.2, 0.25) is 0 Å². The number of nitrogens with zero attached hydrogens (tertiary/aromatic N) is 1. The van der Waals surface area contributed by atoms with Gasteiger partial charge in [-0.15, -0.1) is 0 Å². The number of ether oxygens (including phenoxy) is 1. The molecule has 29 heavy (non-hydrogen) atoms. The highest BCUT2D eigenvalue weighted by Gasteiger charge is 2.36. The van der Waals surface area contributed by atoms with Gasteiger partial charge in [0.2, 0.25) is 0 Å². The van der Waals surface area contributed by atoms with Gasteiger partial charge in [-0.25, -0.2) is 4.98 Å². The zero-order chi connectivity index (χ0) is 21.7. The van der Waals surface area contributed by atoms with Crippen LogP contribution in [0.1, 0.15) is 91.7 Å². The van der Waals surface area contributed by atoms with E-state index in [1.54, 1.807) is 6.20 Å². The van der Waals surface area contributed by atoms with Crippen molar-refractivity contribution in [1.29, 1.82) is 0 Å². The lowest BCUT2D eigenvalue weighted by atomic mass is 10.1. The molecule has 1 aromatic heterocycles. The fraction of sp³-hybridized carbons (Fsp3) is 0.818. The number of carbonyl (C=O) groups excluding carboxylic acids is 1. The van der Waals surface area contributed by atoms with Gasteiger partial charge in [-0.3, -0.25) is 4.79 Å². The molecule has 0 N–H and O–H groups in total. The molecule has 0 aliphatic carbocycles. The van der Waals surface area contributed by atoms with Crippen LogP contribution in [0.15, 0.2) is 10.6 Å². The number of aryl methyl sites for hydroxylation is 1. The minimum Gasteiger partial charge on any atom is -0.459 e. The molecule has 6 nitrogen and oxygen atoms in total. The van der Waals surface area contributed by atoms with Crippen LogP contribution in [0, 0.1) is 0 Å². The SMILES string of the molecule is CCCCCCCCc1cnc(CC(C(=O)OC(C)(C)C)P(OCC)OCC)o1. The van der Waals surface area contributed by atoms with E-state index in [2.05, 4.69) is 11.9 Å². The van der Waals surface area contributed by atoms with Gasteiger partial charge in [-0.05, 0) is 41.0 Å². The van der Waals surface area contributed by atoms with Crippen molar-refractivity contribution in [2.75, 3.05) is 13.2 Å².